The summed E-state index contributed by atoms with van der Waals surface area (Å²) >= 11 is 0. The van der Waals surface area contributed by atoms with Gasteiger partial charge in [0.1, 0.15) is 11.5 Å². The van der Waals surface area contributed by atoms with Crippen molar-refractivity contribution in [1.82, 2.24) is 10.3 Å². The maximum absolute atomic E-state index is 12.3. The Labute approximate surface area is 161 Å². The minimum Gasteiger partial charge on any atom is -0.441 e. The van der Waals surface area contributed by atoms with Crippen LogP contribution in [0.1, 0.15) is 17.0 Å². The van der Waals surface area contributed by atoms with Crippen LogP contribution >= 0.6 is 0 Å². The van der Waals surface area contributed by atoms with Crippen LogP contribution in [0.4, 0.5) is 0 Å². The van der Waals surface area contributed by atoms with Crippen molar-refractivity contribution in [2.45, 2.75) is 19.1 Å². The lowest BCUT2D eigenvalue weighted by atomic mass is 10.1. The third-order valence-corrected chi connectivity index (χ3v) is 5.26. The molecule has 0 fully saturated rings. The Morgan fingerprint density at radius 2 is 1.74 bits per heavy atom. The number of aryl methyl sites for hydroxylation is 1. The van der Waals surface area contributed by atoms with Gasteiger partial charge < -0.3 is 9.73 Å². The second-order valence-electron chi connectivity index (χ2n) is 6.20. The van der Waals surface area contributed by atoms with E-state index in [4.69, 9.17) is 4.42 Å². The smallest absolute Gasteiger partial charge is 0.232 e. The average Bonchev–Trinajstić information content (AvgIpc) is 3.03. The number of carbonyl (C=O) groups excluding carboxylic acids is 1. The zero-order valence-electron chi connectivity index (χ0n) is 15.2. The third kappa shape index (κ3) is 5.62. The number of oxazole rings is 1. The lowest BCUT2D eigenvalue weighted by Crippen LogP contribution is -2.30. The summed E-state index contributed by atoms with van der Waals surface area (Å²) in [5.41, 5.74) is 2.66. The summed E-state index contributed by atoms with van der Waals surface area (Å²) in [6.45, 7) is 2.33. The van der Waals surface area contributed by atoms with Crippen molar-refractivity contribution in [1.29, 1.82) is 0 Å². The van der Waals surface area contributed by atoms with Crippen molar-refractivity contribution < 1.29 is 13.4 Å². The Balaban J connectivity index is 1.49. The van der Waals surface area contributed by atoms with E-state index in [0.717, 1.165) is 17.5 Å². The second-order valence-corrected chi connectivity index (χ2v) is 7.66. The molecule has 6 heteroatoms. The van der Waals surface area contributed by atoms with Crippen LogP contribution in [-0.4, -0.2) is 27.4 Å². The molecule has 1 heterocycles. The number of hydrogen-bond acceptors (Lipinski definition) is 4. The van der Waals surface area contributed by atoms with E-state index in [9.17, 15) is 9.00 Å². The summed E-state index contributed by atoms with van der Waals surface area (Å²) < 4.78 is 18.0. The van der Waals surface area contributed by atoms with E-state index in [1.54, 1.807) is 6.92 Å². The SMILES string of the molecule is Cc1oc(-c2ccccc2)nc1CS(=O)CC(=O)NCCc1ccccc1. The number of hydrogen-bond donors (Lipinski definition) is 1. The molecule has 1 N–H and O–H groups in total. The number of carbonyl (C=O) groups is 1. The lowest BCUT2D eigenvalue weighted by Gasteiger charge is -2.05. The normalized spacial score (nSPS) is 11.9. The molecule has 1 amide bonds. The van der Waals surface area contributed by atoms with Gasteiger partial charge in [0.15, 0.2) is 0 Å². The predicted molar refractivity (Wildman–Crippen MR) is 107 cm³/mol. The fraction of sp³-hybridized carbons (Fsp3) is 0.238. The Morgan fingerprint density at radius 1 is 1.07 bits per heavy atom. The van der Waals surface area contributed by atoms with E-state index in [2.05, 4.69) is 10.3 Å². The zero-order valence-corrected chi connectivity index (χ0v) is 16.0. The van der Waals surface area contributed by atoms with Crippen molar-refractivity contribution in [3.63, 3.8) is 0 Å². The summed E-state index contributed by atoms with van der Waals surface area (Å²) in [5, 5.41) is 2.82. The summed E-state index contributed by atoms with van der Waals surface area (Å²) in [6.07, 6.45) is 0.752. The van der Waals surface area contributed by atoms with Gasteiger partial charge in [0.2, 0.25) is 11.8 Å². The van der Waals surface area contributed by atoms with Crippen molar-refractivity contribution in [2.75, 3.05) is 12.3 Å². The summed E-state index contributed by atoms with van der Waals surface area (Å²) in [4.78, 5) is 16.4. The number of nitrogens with zero attached hydrogens (tertiary/aromatic N) is 1. The Kier molecular flexibility index (Phi) is 6.54. The van der Waals surface area contributed by atoms with Gasteiger partial charge in [0, 0.05) is 22.9 Å². The van der Waals surface area contributed by atoms with Gasteiger partial charge in [-0.25, -0.2) is 4.98 Å². The van der Waals surface area contributed by atoms with Gasteiger partial charge >= 0.3 is 0 Å². The first-order valence-electron chi connectivity index (χ1n) is 8.79. The van der Waals surface area contributed by atoms with Crippen LogP contribution in [0.5, 0.6) is 0 Å². The standard InChI is InChI=1S/C21H22N2O3S/c1-16-19(23-21(26-16)18-10-6-3-7-11-18)14-27(25)15-20(24)22-13-12-17-8-4-2-5-9-17/h2-11H,12-15H2,1H3,(H,22,24). The molecule has 1 atom stereocenters. The highest BCUT2D eigenvalue weighted by Crippen LogP contribution is 2.22. The number of amides is 1. The minimum atomic E-state index is -1.34. The van der Waals surface area contributed by atoms with Gasteiger partial charge in [-0.1, -0.05) is 48.5 Å². The van der Waals surface area contributed by atoms with Crippen LogP contribution in [0.2, 0.25) is 0 Å². The van der Waals surface area contributed by atoms with Crippen molar-refractivity contribution in [3.8, 4) is 11.5 Å². The van der Waals surface area contributed by atoms with Gasteiger partial charge in [-0.15, -0.1) is 0 Å². The fourth-order valence-corrected chi connectivity index (χ4v) is 3.73. The van der Waals surface area contributed by atoms with Gasteiger partial charge in [-0.3, -0.25) is 9.00 Å². The maximum atomic E-state index is 12.3. The van der Waals surface area contributed by atoms with Crippen molar-refractivity contribution in [3.05, 3.63) is 77.7 Å². The van der Waals surface area contributed by atoms with E-state index in [1.807, 2.05) is 60.7 Å². The van der Waals surface area contributed by atoms with E-state index >= 15 is 0 Å². The molecule has 1 unspecified atom stereocenters. The average molecular weight is 382 g/mol. The molecule has 3 rings (SSSR count). The quantitative estimate of drug-likeness (QED) is 0.649. The van der Waals surface area contributed by atoms with Crippen LogP contribution < -0.4 is 5.32 Å². The first kappa shape index (κ1) is 19.0. The van der Waals surface area contributed by atoms with Gasteiger partial charge in [-0.2, -0.15) is 0 Å². The molecule has 140 valence electrons. The van der Waals surface area contributed by atoms with Crippen molar-refractivity contribution in [2.24, 2.45) is 0 Å². The van der Waals surface area contributed by atoms with Gasteiger partial charge in [0.05, 0.1) is 11.4 Å². The molecule has 27 heavy (non-hydrogen) atoms. The molecule has 0 spiro atoms. The predicted octanol–water partition coefficient (Wildman–Crippen LogP) is 3.26. The molecule has 2 aromatic carbocycles. The van der Waals surface area contributed by atoms with E-state index in [1.165, 1.54) is 0 Å². The number of aromatic nitrogens is 1. The van der Waals surface area contributed by atoms with Crippen molar-refractivity contribution >= 4 is 16.7 Å². The highest BCUT2D eigenvalue weighted by molar-refractivity contribution is 7.84. The highest BCUT2D eigenvalue weighted by atomic mass is 32.2. The van der Waals surface area contributed by atoms with Crippen LogP contribution in [0, 0.1) is 6.92 Å². The number of nitrogens with one attached hydrogen (secondary N) is 1. The number of rotatable bonds is 8. The van der Waals surface area contributed by atoms with Gasteiger partial charge in [-0.05, 0) is 31.0 Å². The van der Waals surface area contributed by atoms with Gasteiger partial charge in [0.25, 0.3) is 0 Å². The largest absolute Gasteiger partial charge is 0.441 e. The highest BCUT2D eigenvalue weighted by Gasteiger charge is 2.15. The zero-order chi connectivity index (χ0) is 19.1. The first-order chi connectivity index (χ1) is 13.1. The van der Waals surface area contributed by atoms with Crippen LogP contribution in [0.15, 0.2) is 65.1 Å². The molecule has 1 aromatic heterocycles. The summed E-state index contributed by atoms with van der Waals surface area (Å²) in [7, 11) is -1.34. The van der Waals surface area contributed by atoms with E-state index in [0.29, 0.717) is 23.9 Å². The monoisotopic (exact) mass is 382 g/mol. The van der Waals surface area contributed by atoms with Crippen LogP contribution in [0.25, 0.3) is 11.5 Å². The molecule has 0 radical (unpaired) electrons. The molecule has 0 saturated heterocycles. The van der Waals surface area contributed by atoms with E-state index in [-0.39, 0.29) is 17.4 Å². The lowest BCUT2D eigenvalue weighted by molar-refractivity contribution is -0.118. The molecule has 0 aliphatic rings. The molecule has 0 aliphatic carbocycles. The third-order valence-electron chi connectivity index (χ3n) is 4.08. The molecule has 5 nitrogen and oxygen atoms in total. The Hall–Kier alpha value is -2.73. The fourth-order valence-electron chi connectivity index (χ4n) is 2.66. The number of benzene rings is 2. The van der Waals surface area contributed by atoms with Crippen LogP contribution in [0.3, 0.4) is 0 Å². The molecular weight excluding hydrogens is 360 g/mol. The van der Waals surface area contributed by atoms with E-state index < -0.39 is 10.8 Å². The van der Waals surface area contributed by atoms with Crippen LogP contribution in [-0.2, 0) is 27.8 Å². The molecule has 3 aromatic rings. The Morgan fingerprint density at radius 3 is 2.44 bits per heavy atom. The second kappa shape index (κ2) is 9.28. The maximum Gasteiger partial charge on any atom is 0.232 e. The first-order valence-corrected chi connectivity index (χ1v) is 10.3. The summed E-state index contributed by atoms with van der Waals surface area (Å²) in [5.74, 6) is 1.09. The molecule has 0 aliphatic heterocycles. The topological polar surface area (TPSA) is 72.2 Å². The molecular formula is C21H22N2O3S. The Bertz CT molecular complexity index is 908. The molecule has 0 saturated carbocycles. The minimum absolute atomic E-state index is 0.0399. The molecule has 0 bridgehead atoms. The summed E-state index contributed by atoms with van der Waals surface area (Å²) in [6, 6.07) is 19.5.